The number of benzene rings is 2. The number of hydrogen-bond acceptors (Lipinski definition) is 7. The molecule has 3 N–H and O–H groups in total. The van der Waals surface area contributed by atoms with Crippen LogP contribution in [-0.4, -0.2) is 59.2 Å². The topological polar surface area (TPSA) is 101 Å². The fraction of sp³-hybridized carbons (Fsp3) is 0.375. The van der Waals surface area contributed by atoms with E-state index in [-0.39, 0.29) is 6.61 Å². The van der Waals surface area contributed by atoms with Crippen molar-refractivity contribution in [2.45, 2.75) is 43.9 Å². The highest BCUT2D eigenvalue weighted by Gasteiger charge is 2.43. The molecule has 1 aliphatic heterocycles. The van der Waals surface area contributed by atoms with E-state index in [2.05, 4.69) is 11.1 Å². The Morgan fingerprint density at radius 1 is 1.12 bits per heavy atom. The molecule has 0 unspecified atom stereocenters. The van der Waals surface area contributed by atoms with Gasteiger partial charge >= 0.3 is 0 Å². The first-order valence-electron chi connectivity index (χ1n) is 10.2. The predicted molar refractivity (Wildman–Crippen MR) is 121 cm³/mol. The molecule has 0 saturated carbocycles. The smallest absolute Gasteiger partial charge is 0.177 e. The standard InChI is InChI=1S/C24H26ClNO6/c1-3-11-31-26-14-20-21(27)22(28)23(29)24(32-20)16-7-10-19(25)17(13-16)12-15-5-8-18(9-6-15)30-4-2/h1,5-10,13-14,20-24,27-29H,4,11-12H2,2H3/b26-14+/t20-,21-,22+,23-,24+/m1/s1. The first-order valence-corrected chi connectivity index (χ1v) is 10.6. The van der Waals surface area contributed by atoms with Gasteiger partial charge in [-0.3, -0.25) is 0 Å². The van der Waals surface area contributed by atoms with Crippen molar-refractivity contribution < 1.29 is 29.6 Å². The van der Waals surface area contributed by atoms with Crippen LogP contribution in [-0.2, 0) is 16.0 Å². The summed E-state index contributed by atoms with van der Waals surface area (Å²) in [6.45, 7) is 2.48. The SMILES string of the molecule is C#CCO/N=C/[C@H]1O[C@@H](c2ccc(Cl)c(Cc3ccc(OCC)cc3)c2)[C@H](O)[C@@H](O)[C@@H]1O. The van der Waals surface area contributed by atoms with Crippen molar-refractivity contribution in [1.82, 2.24) is 0 Å². The molecule has 1 saturated heterocycles. The third-order valence-electron chi connectivity index (χ3n) is 5.11. The van der Waals surface area contributed by atoms with E-state index in [1.807, 2.05) is 37.3 Å². The van der Waals surface area contributed by atoms with Gasteiger partial charge in [0.15, 0.2) is 6.61 Å². The van der Waals surface area contributed by atoms with E-state index < -0.39 is 30.5 Å². The highest BCUT2D eigenvalue weighted by Crippen LogP contribution is 2.34. The van der Waals surface area contributed by atoms with Crippen molar-refractivity contribution in [3.8, 4) is 18.1 Å². The lowest BCUT2D eigenvalue weighted by Gasteiger charge is -2.39. The molecule has 2 aromatic rings. The molecule has 32 heavy (non-hydrogen) atoms. The van der Waals surface area contributed by atoms with Crippen LogP contribution in [0.4, 0.5) is 0 Å². The summed E-state index contributed by atoms with van der Waals surface area (Å²) in [7, 11) is 0. The van der Waals surface area contributed by atoms with Gasteiger partial charge in [0.2, 0.25) is 0 Å². The van der Waals surface area contributed by atoms with E-state index in [1.165, 1.54) is 6.21 Å². The predicted octanol–water partition coefficient (Wildman–Crippen LogP) is 2.49. The van der Waals surface area contributed by atoms with E-state index in [1.54, 1.807) is 12.1 Å². The Balaban J connectivity index is 1.80. The molecule has 0 aliphatic carbocycles. The fourth-order valence-electron chi connectivity index (χ4n) is 3.48. The molecule has 1 fully saturated rings. The van der Waals surface area contributed by atoms with Crippen LogP contribution < -0.4 is 4.74 Å². The zero-order chi connectivity index (χ0) is 23.1. The highest BCUT2D eigenvalue weighted by molar-refractivity contribution is 6.31. The molecule has 2 aromatic carbocycles. The minimum Gasteiger partial charge on any atom is -0.494 e. The number of nitrogens with zero attached hydrogens (tertiary/aromatic N) is 1. The Hall–Kier alpha value is -2.60. The summed E-state index contributed by atoms with van der Waals surface area (Å²) in [5.41, 5.74) is 2.47. The van der Waals surface area contributed by atoms with Gasteiger partial charge in [0.25, 0.3) is 0 Å². The van der Waals surface area contributed by atoms with Crippen LogP contribution >= 0.6 is 11.6 Å². The van der Waals surface area contributed by atoms with Gasteiger partial charge < -0.3 is 29.6 Å². The van der Waals surface area contributed by atoms with Crippen molar-refractivity contribution in [3.05, 3.63) is 64.2 Å². The maximum Gasteiger partial charge on any atom is 0.177 e. The lowest BCUT2D eigenvalue weighted by molar-refractivity contribution is -0.205. The molecule has 7 nitrogen and oxygen atoms in total. The van der Waals surface area contributed by atoms with Gasteiger partial charge in [-0.25, -0.2) is 0 Å². The van der Waals surface area contributed by atoms with Crippen LogP contribution in [0, 0.1) is 12.3 Å². The summed E-state index contributed by atoms with van der Waals surface area (Å²) in [4.78, 5) is 4.83. The number of ether oxygens (including phenoxy) is 2. The number of halogens is 1. The molecule has 3 rings (SSSR count). The average Bonchev–Trinajstić information content (AvgIpc) is 2.79. The monoisotopic (exact) mass is 459 g/mol. The van der Waals surface area contributed by atoms with E-state index in [0.29, 0.717) is 23.6 Å². The first-order chi connectivity index (χ1) is 15.4. The molecule has 0 spiro atoms. The Morgan fingerprint density at radius 2 is 1.88 bits per heavy atom. The third kappa shape index (κ3) is 5.80. The molecule has 170 valence electrons. The maximum absolute atomic E-state index is 10.5. The Bertz CT molecular complexity index is 958. The zero-order valence-electron chi connectivity index (χ0n) is 17.6. The van der Waals surface area contributed by atoms with Gasteiger partial charge in [-0.1, -0.05) is 46.9 Å². The van der Waals surface area contributed by atoms with Crippen molar-refractivity contribution >= 4 is 17.8 Å². The normalized spacial score (nSPS) is 25.4. The summed E-state index contributed by atoms with van der Waals surface area (Å²) >= 11 is 6.41. The van der Waals surface area contributed by atoms with Crippen LogP contribution in [0.2, 0.25) is 5.02 Å². The molecule has 1 heterocycles. The lowest BCUT2D eigenvalue weighted by atomic mass is 9.90. The summed E-state index contributed by atoms with van der Waals surface area (Å²) in [6, 6.07) is 13.0. The van der Waals surface area contributed by atoms with Crippen LogP contribution in [0.25, 0.3) is 0 Å². The van der Waals surface area contributed by atoms with Crippen LogP contribution in [0.1, 0.15) is 29.7 Å². The Morgan fingerprint density at radius 3 is 2.56 bits per heavy atom. The van der Waals surface area contributed by atoms with Crippen molar-refractivity contribution in [2.24, 2.45) is 5.16 Å². The summed E-state index contributed by atoms with van der Waals surface area (Å²) in [6.07, 6.45) is 0.784. The second kappa shape index (κ2) is 11.3. The molecule has 5 atom stereocenters. The summed E-state index contributed by atoms with van der Waals surface area (Å²) < 4.78 is 11.3. The molecule has 8 heteroatoms. The summed E-state index contributed by atoms with van der Waals surface area (Å²) in [5, 5.41) is 35.3. The minimum atomic E-state index is -1.44. The number of hydrogen-bond donors (Lipinski definition) is 3. The second-order valence-electron chi connectivity index (χ2n) is 7.33. The van der Waals surface area contributed by atoms with Gasteiger partial charge in [0, 0.05) is 5.02 Å². The minimum absolute atomic E-state index is 0.0417. The lowest BCUT2D eigenvalue weighted by Crippen LogP contribution is -2.54. The molecule has 0 amide bonds. The number of aliphatic hydroxyl groups is 3. The van der Waals surface area contributed by atoms with Gasteiger partial charge in [-0.05, 0) is 48.2 Å². The fourth-order valence-corrected chi connectivity index (χ4v) is 3.66. The number of rotatable bonds is 8. The first kappa shape index (κ1) is 24.1. The molecule has 0 radical (unpaired) electrons. The van der Waals surface area contributed by atoms with Gasteiger partial charge in [0.05, 0.1) is 12.8 Å². The summed E-state index contributed by atoms with van der Waals surface area (Å²) in [5.74, 6) is 3.05. The van der Waals surface area contributed by atoms with E-state index in [4.69, 9.17) is 32.3 Å². The Kier molecular flexibility index (Phi) is 8.51. The van der Waals surface area contributed by atoms with E-state index in [9.17, 15) is 15.3 Å². The largest absolute Gasteiger partial charge is 0.494 e. The van der Waals surface area contributed by atoms with Gasteiger partial charge in [-0.2, -0.15) is 0 Å². The highest BCUT2D eigenvalue weighted by atomic mass is 35.5. The Labute approximate surface area is 192 Å². The van der Waals surface area contributed by atoms with Gasteiger partial charge in [-0.15, -0.1) is 6.42 Å². The van der Waals surface area contributed by atoms with Crippen molar-refractivity contribution in [3.63, 3.8) is 0 Å². The number of oxime groups is 1. The van der Waals surface area contributed by atoms with Gasteiger partial charge in [0.1, 0.15) is 36.3 Å². The number of terminal acetylenes is 1. The molecular weight excluding hydrogens is 434 g/mol. The molecule has 0 aromatic heterocycles. The molecule has 0 bridgehead atoms. The quantitative estimate of drug-likeness (QED) is 0.243. The third-order valence-corrected chi connectivity index (χ3v) is 5.48. The number of aliphatic hydroxyl groups excluding tert-OH is 3. The van der Waals surface area contributed by atoms with E-state index in [0.717, 1.165) is 16.9 Å². The van der Waals surface area contributed by atoms with Crippen molar-refractivity contribution in [2.75, 3.05) is 13.2 Å². The van der Waals surface area contributed by atoms with Crippen LogP contribution in [0.5, 0.6) is 5.75 Å². The molecule has 1 aliphatic rings. The second-order valence-corrected chi connectivity index (χ2v) is 7.74. The maximum atomic E-state index is 10.5. The van der Waals surface area contributed by atoms with Crippen LogP contribution in [0.15, 0.2) is 47.6 Å². The van der Waals surface area contributed by atoms with Crippen molar-refractivity contribution in [1.29, 1.82) is 0 Å². The average molecular weight is 460 g/mol. The van der Waals surface area contributed by atoms with E-state index >= 15 is 0 Å². The zero-order valence-corrected chi connectivity index (χ0v) is 18.4. The molecular formula is C24H26ClNO6. The van der Waals surface area contributed by atoms with Crippen LogP contribution in [0.3, 0.4) is 0 Å².